The Morgan fingerprint density at radius 1 is 1.22 bits per heavy atom. The summed E-state index contributed by atoms with van der Waals surface area (Å²) in [6, 6.07) is 4.77. The van der Waals surface area contributed by atoms with Crippen LogP contribution in [0.1, 0.15) is 18.4 Å². The number of para-hydroxylation sites is 1. The molecule has 1 aliphatic rings. The molecule has 0 saturated carbocycles. The van der Waals surface area contributed by atoms with Gasteiger partial charge in [-0.15, -0.1) is 0 Å². The van der Waals surface area contributed by atoms with Crippen LogP contribution in [0.25, 0.3) is 0 Å². The van der Waals surface area contributed by atoms with E-state index >= 15 is 0 Å². The molecule has 5 nitrogen and oxygen atoms in total. The first kappa shape index (κ1) is 17.7. The molecule has 2 rings (SSSR count). The zero-order valence-electron chi connectivity index (χ0n) is 12.4. The van der Waals surface area contributed by atoms with E-state index in [1.54, 1.807) is 0 Å². The Bertz CT molecular complexity index is 681. The Morgan fingerprint density at radius 3 is 2.30 bits per heavy atom. The van der Waals surface area contributed by atoms with E-state index in [1.807, 2.05) is 0 Å². The van der Waals surface area contributed by atoms with Crippen molar-refractivity contribution in [3.05, 3.63) is 29.8 Å². The number of anilines is 1. The van der Waals surface area contributed by atoms with E-state index in [9.17, 15) is 26.4 Å². The number of alkyl halides is 3. The normalized spacial score (nSPS) is 17.9. The summed E-state index contributed by atoms with van der Waals surface area (Å²) in [5.74, 6) is -1.02. The molecule has 9 heteroatoms. The number of hydrogen-bond donors (Lipinski definition) is 1. The molecule has 0 spiro atoms. The van der Waals surface area contributed by atoms with Gasteiger partial charge >= 0.3 is 6.18 Å². The molecule has 1 aromatic carbocycles. The van der Waals surface area contributed by atoms with Crippen LogP contribution in [0.15, 0.2) is 24.3 Å². The van der Waals surface area contributed by atoms with Gasteiger partial charge in [-0.2, -0.15) is 13.2 Å². The molecule has 0 bridgehead atoms. The summed E-state index contributed by atoms with van der Waals surface area (Å²) in [5.41, 5.74) is -1.18. The number of hydrogen-bond acceptors (Lipinski definition) is 3. The largest absolute Gasteiger partial charge is 0.418 e. The van der Waals surface area contributed by atoms with Crippen LogP contribution in [0.2, 0.25) is 0 Å². The molecule has 1 heterocycles. The fourth-order valence-electron chi connectivity index (χ4n) is 2.52. The van der Waals surface area contributed by atoms with E-state index in [-0.39, 0.29) is 31.6 Å². The van der Waals surface area contributed by atoms with Crippen LogP contribution >= 0.6 is 0 Å². The van der Waals surface area contributed by atoms with Gasteiger partial charge in [-0.05, 0) is 25.0 Å². The molecule has 0 atom stereocenters. The predicted molar refractivity (Wildman–Crippen MR) is 79.2 cm³/mol. The van der Waals surface area contributed by atoms with Crippen molar-refractivity contribution in [1.29, 1.82) is 0 Å². The average Bonchev–Trinajstić information content (AvgIpc) is 2.46. The lowest BCUT2D eigenvalue weighted by Crippen LogP contribution is -2.41. The molecule has 128 valence electrons. The highest BCUT2D eigenvalue weighted by molar-refractivity contribution is 7.88. The van der Waals surface area contributed by atoms with Crippen LogP contribution in [0.4, 0.5) is 18.9 Å². The molecule has 0 aromatic heterocycles. The second-order valence-corrected chi connectivity index (χ2v) is 7.45. The lowest BCUT2D eigenvalue weighted by atomic mass is 9.97. The number of piperidine rings is 1. The van der Waals surface area contributed by atoms with E-state index in [2.05, 4.69) is 5.32 Å². The van der Waals surface area contributed by atoms with Gasteiger partial charge in [-0.3, -0.25) is 4.79 Å². The SMILES string of the molecule is CS(=O)(=O)N1CCC(C(=O)Nc2ccccc2C(F)(F)F)CC1. The van der Waals surface area contributed by atoms with Gasteiger partial charge in [0.25, 0.3) is 0 Å². The zero-order valence-corrected chi connectivity index (χ0v) is 13.2. The van der Waals surface area contributed by atoms with E-state index < -0.39 is 33.6 Å². The van der Waals surface area contributed by atoms with Gasteiger partial charge < -0.3 is 5.32 Å². The van der Waals surface area contributed by atoms with Crippen molar-refractivity contribution in [3.8, 4) is 0 Å². The minimum atomic E-state index is -4.55. The Hall–Kier alpha value is -1.61. The van der Waals surface area contributed by atoms with E-state index in [0.717, 1.165) is 12.3 Å². The highest BCUT2D eigenvalue weighted by atomic mass is 32.2. The van der Waals surface area contributed by atoms with Crippen molar-refractivity contribution >= 4 is 21.6 Å². The standard InChI is InChI=1S/C14H17F3N2O3S/c1-23(21,22)19-8-6-10(7-9-19)13(20)18-12-5-3-2-4-11(12)14(15,16)17/h2-5,10H,6-9H2,1H3,(H,18,20). The average molecular weight is 350 g/mol. The summed E-state index contributed by atoms with van der Waals surface area (Å²) in [6.45, 7) is 0.385. The van der Waals surface area contributed by atoms with Gasteiger partial charge in [0.1, 0.15) is 0 Å². The maximum absolute atomic E-state index is 12.9. The number of amides is 1. The van der Waals surface area contributed by atoms with Gasteiger partial charge in [0, 0.05) is 19.0 Å². The summed E-state index contributed by atoms with van der Waals surface area (Å²) in [4.78, 5) is 12.2. The first-order valence-corrected chi connectivity index (χ1v) is 8.86. The predicted octanol–water partition coefficient (Wildman–Crippen LogP) is 2.32. The smallest absolute Gasteiger partial charge is 0.325 e. The van der Waals surface area contributed by atoms with Crippen molar-refractivity contribution in [2.75, 3.05) is 24.7 Å². The fourth-order valence-corrected chi connectivity index (χ4v) is 3.40. The van der Waals surface area contributed by atoms with E-state index in [0.29, 0.717) is 0 Å². The number of sulfonamides is 1. The number of benzene rings is 1. The fraction of sp³-hybridized carbons (Fsp3) is 0.500. The second kappa shape index (κ2) is 6.48. The van der Waals surface area contributed by atoms with Crippen molar-refractivity contribution in [2.45, 2.75) is 19.0 Å². The minimum absolute atomic E-state index is 0.192. The molecule has 23 heavy (non-hydrogen) atoms. The Kier molecular flexibility index (Phi) is 5.00. The lowest BCUT2D eigenvalue weighted by molar-refractivity contribution is -0.137. The van der Waals surface area contributed by atoms with E-state index in [1.165, 1.54) is 22.5 Å². The summed E-state index contributed by atoms with van der Waals surface area (Å²) >= 11 is 0. The zero-order chi connectivity index (χ0) is 17.3. The van der Waals surface area contributed by atoms with Crippen LogP contribution in [0.5, 0.6) is 0 Å². The van der Waals surface area contributed by atoms with Crippen LogP contribution in [0, 0.1) is 5.92 Å². The minimum Gasteiger partial charge on any atom is -0.325 e. The molecule has 1 fully saturated rings. The summed E-state index contributed by atoms with van der Waals surface area (Å²) < 4.78 is 62.8. The first-order chi connectivity index (χ1) is 10.6. The maximum atomic E-state index is 12.9. The van der Waals surface area contributed by atoms with Gasteiger partial charge in [0.2, 0.25) is 15.9 Å². The Balaban J connectivity index is 2.05. The number of halogens is 3. The van der Waals surface area contributed by atoms with Crippen LogP contribution in [-0.2, 0) is 21.0 Å². The van der Waals surface area contributed by atoms with Crippen molar-refractivity contribution in [1.82, 2.24) is 4.31 Å². The molecule has 1 aromatic rings. The summed E-state index contributed by atoms with van der Waals surface area (Å²) in [5, 5.41) is 2.31. The molecular weight excluding hydrogens is 333 g/mol. The summed E-state index contributed by atoms with van der Waals surface area (Å²) in [6.07, 6.45) is -2.89. The van der Waals surface area contributed by atoms with Gasteiger partial charge in [-0.1, -0.05) is 12.1 Å². The third-order valence-electron chi connectivity index (χ3n) is 3.78. The molecule has 1 aliphatic heterocycles. The number of carbonyl (C=O) groups is 1. The third-order valence-corrected chi connectivity index (χ3v) is 5.09. The second-order valence-electron chi connectivity index (χ2n) is 5.47. The Morgan fingerprint density at radius 2 is 1.78 bits per heavy atom. The Labute approximate surface area is 132 Å². The molecular formula is C14H17F3N2O3S. The molecule has 1 saturated heterocycles. The first-order valence-electron chi connectivity index (χ1n) is 7.01. The van der Waals surface area contributed by atoms with Crippen LogP contribution in [0.3, 0.4) is 0 Å². The molecule has 0 aliphatic carbocycles. The molecule has 0 radical (unpaired) electrons. The highest BCUT2D eigenvalue weighted by Gasteiger charge is 2.35. The maximum Gasteiger partial charge on any atom is 0.418 e. The highest BCUT2D eigenvalue weighted by Crippen LogP contribution is 2.35. The molecule has 0 unspecified atom stereocenters. The molecule has 1 N–H and O–H groups in total. The number of nitrogens with zero attached hydrogens (tertiary/aromatic N) is 1. The third kappa shape index (κ3) is 4.44. The van der Waals surface area contributed by atoms with Crippen molar-refractivity contribution in [2.24, 2.45) is 5.92 Å². The molecule has 1 amide bonds. The number of carbonyl (C=O) groups excluding carboxylic acids is 1. The van der Waals surface area contributed by atoms with Crippen LogP contribution < -0.4 is 5.32 Å². The quantitative estimate of drug-likeness (QED) is 0.910. The van der Waals surface area contributed by atoms with Gasteiger partial charge in [0.15, 0.2) is 0 Å². The van der Waals surface area contributed by atoms with Gasteiger partial charge in [0.05, 0.1) is 17.5 Å². The van der Waals surface area contributed by atoms with Crippen LogP contribution in [-0.4, -0.2) is 38.0 Å². The van der Waals surface area contributed by atoms with E-state index in [4.69, 9.17) is 0 Å². The van der Waals surface area contributed by atoms with Crippen molar-refractivity contribution in [3.63, 3.8) is 0 Å². The number of rotatable bonds is 3. The summed E-state index contributed by atoms with van der Waals surface area (Å²) in [7, 11) is -3.31. The lowest BCUT2D eigenvalue weighted by Gasteiger charge is -2.29. The van der Waals surface area contributed by atoms with Crippen molar-refractivity contribution < 1.29 is 26.4 Å². The number of nitrogens with one attached hydrogen (secondary N) is 1. The topological polar surface area (TPSA) is 66.5 Å². The van der Waals surface area contributed by atoms with Gasteiger partial charge in [-0.25, -0.2) is 12.7 Å². The monoisotopic (exact) mass is 350 g/mol.